The van der Waals surface area contributed by atoms with E-state index < -0.39 is 5.95 Å². The summed E-state index contributed by atoms with van der Waals surface area (Å²) in [5.41, 5.74) is 0. The van der Waals surface area contributed by atoms with Crippen molar-refractivity contribution in [2.45, 2.75) is 58.9 Å². The predicted molar refractivity (Wildman–Crippen MR) is 93.1 cm³/mol. The highest BCUT2D eigenvalue weighted by Crippen LogP contribution is 2.27. The minimum absolute atomic E-state index is 0.106. The van der Waals surface area contributed by atoms with Crippen LogP contribution in [0.3, 0.4) is 0 Å². The summed E-state index contributed by atoms with van der Waals surface area (Å²) in [5, 5.41) is 10.5. The van der Waals surface area contributed by atoms with E-state index in [1.165, 1.54) is 18.3 Å². The average Bonchev–Trinajstić information content (AvgIpc) is 3.13. The van der Waals surface area contributed by atoms with Crippen molar-refractivity contribution in [2.24, 2.45) is 0 Å². The van der Waals surface area contributed by atoms with E-state index in [9.17, 15) is 9.18 Å². The quantitative estimate of drug-likeness (QED) is 0.819. The molecule has 1 N–H and O–H groups in total. The van der Waals surface area contributed by atoms with E-state index in [0.717, 1.165) is 19.4 Å². The number of ether oxygens (including phenoxy) is 1. The van der Waals surface area contributed by atoms with Crippen LogP contribution in [0.1, 0.15) is 43.3 Å². The SMILES string of the molecule is CC(=O)Nc1nc(F)c(CN2CC[C@H](OCc3nnc(C)o3)C[C@H]2C)s1. The van der Waals surface area contributed by atoms with Gasteiger partial charge in [0, 0.05) is 33.0 Å². The molecule has 1 aliphatic heterocycles. The summed E-state index contributed by atoms with van der Waals surface area (Å²) < 4.78 is 25.2. The summed E-state index contributed by atoms with van der Waals surface area (Å²) in [7, 11) is 0. The number of aryl methyl sites for hydroxylation is 1. The summed E-state index contributed by atoms with van der Waals surface area (Å²) in [5.74, 6) is 0.232. The molecule has 0 unspecified atom stereocenters. The number of carbonyl (C=O) groups is 1. The van der Waals surface area contributed by atoms with Crippen molar-refractivity contribution in [3.63, 3.8) is 0 Å². The first-order valence-electron chi connectivity index (χ1n) is 8.48. The predicted octanol–water partition coefficient (Wildman–Crippen LogP) is 2.50. The first-order valence-corrected chi connectivity index (χ1v) is 9.29. The van der Waals surface area contributed by atoms with Crippen LogP contribution in [0, 0.1) is 12.9 Å². The van der Waals surface area contributed by atoms with Crippen LogP contribution in [0.4, 0.5) is 9.52 Å². The van der Waals surface area contributed by atoms with Crippen LogP contribution in [0.15, 0.2) is 4.42 Å². The Hall–Kier alpha value is -1.91. The molecular weight excluding hydrogens is 361 g/mol. The Balaban J connectivity index is 1.51. The van der Waals surface area contributed by atoms with Crippen LogP contribution >= 0.6 is 11.3 Å². The highest BCUT2D eigenvalue weighted by molar-refractivity contribution is 7.15. The van der Waals surface area contributed by atoms with E-state index in [-0.39, 0.29) is 18.1 Å². The zero-order valence-corrected chi connectivity index (χ0v) is 15.8. The number of piperidine rings is 1. The van der Waals surface area contributed by atoms with Gasteiger partial charge in [0.25, 0.3) is 0 Å². The van der Waals surface area contributed by atoms with E-state index >= 15 is 0 Å². The lowest BCUT2D eigenvalue weighted by atomic mass is 10.0. The lowest BCUT2D eigenvalue weighted by molar-refractivity contribution is -0.114. The van der Waals surface area contributed by atoms with Crippen LogP contribution in [0.25, 0.3) is 0 Å². The smallest absolute Gasteiger partial charge is 0.242 e. The second kappa shape index (κ2) is 8.19. The molecule has 1 saturated heterocycles. The van der Waals surface area contributed by atoms with Crippen LogP contribution in [0.2, 0.25) is 0 Å². The number of anilines is 1. The van der Waals surface area contributed by atoms with Gasteiger partial charge in [-0.3, -0.25) is 9.69 Å². The van der Waals surface area contributed by atoms with Crippen molar-refractivity contribution in [1.29, 1.82) is 0 Å². The highest BCUT2D eigenvalue weighted by Gasteiger charge is 2.28. The molecule has 0 aliphatic carbocycles. The molecule has 0 radical (unpaired) electrons. The maximum atomic E-state index is 14.0. The van der Waals surface area contributed by atoms with E-state index in [2.05, 4.69) is 32.3 Å². The van der Waals surface area contributed by atoms with Gasteiger partial charge in [-0.1, -0.05) is 11.3 Å². The fourth-order valence-corrected chi connectivity index (χ4v) is 3.88. The van der Waals surface area contributed by atoms with E-state index in [1.54, 1.807) is 6.92 Å². The van der Waals surface area contributed by atoms with Crippen molar-refractivity contribution in [3.8, 4) is 0 Å². The molecule has 0 saturated carbocycles. The Labute approximate surface area is 154 Å². The molecule has 1 aliphatic rings. The molecule has 0 aromatic carbocycles. The van der Waals surface area contributed by atoms with Gasteiger partial charge in [-0.05, 0) is 19.8 Å². The summed E-state index contributed by atoms with van der Waals surface area (Å²) >= 11 is 1.18. The van der Waals surface area contributed by atoms with Gasteiger partial charge in [0.15, 0.2) is 5.13 Å². The maximum Gasteiger partial charge on any atom is 0.242 e. The van der Waals surface area contributed by atoms with Crippen LogP contribution < -0.4 is 5.32 Å². The monoisotopic (exact) mass is 383 g/mol. The highest BCUT2D eigenvalue weighted by atomic mass is 32.1. The minimum atomic E-state index is -0.518. The van der Waals surface area contributed by atoms with Gasteiger partial charge in [-0.15, -0.1) is 10.2 Å². The summed E-state index contributed by atoms with van der Waals surface area (Å²) in [6.07, 6.45) is 1.79. The number of aromatic nitrogens is 3. The molecule has 26 heavy (non-hydrogen) atoms. The second-order valence-corrected chi connectivity index (χ2v) is 7.49. The molecule has 2 atom stereocenters. The van der Waals surface area contributed by atoms with Crippen LogP contribution in [0.5, 0.6) is 0 Å². The Bertz CT molecular complexity index is 765. The number of halogens is 1. The third-order valence-electron chi connectivity index (χ3n) is 4.26. The van der Waals surface area contributed by atoms with Gasteiger partial charge in [0.1, 0.15) is 6.61 Å². The van der Waals surface area contributed by atoms with Crippen LogP contribution in [-0.4, -0.2) is 44.7 Å². The third-order valence-corrected chi connectivity index (χ3v) is 5.19. The Morgan fingerprint density at radius 1 is 1.50 bits per heavy atom. The summed E-state index contributed by atoms with van der Waals surface area (Å²) in [6, 6.07) is 0.240. The number of thiazole rings is 1. The number of hydrogen-bond donors (Lipinski definition) is 1. The lowest BCUT2D eigenvalue weighted by Gasteiger charge is -2.37. The molecule has 0 spiro atoms. The van der Waals surface area contributed by atoms with E-state index in [4.69, 9.17) is 9.15 Å². The first-order chi connectivity index (χ1) is 12.4. The summed E-state index contributed by atoms with van der Waals surface area (Å²) in [4.78, 5) is 17.6. The normalized spacial score (nSPS) is 21.1. The molecule has 10 heteroatoms. The van der Waals surface area contributed by atoms with Crippen molar-refractivity contribution in [3.05, 3.63) is 22.6 Å². The number of amides is 1. The largest absolute Gasteiger partial charge is 0.423 e. The number of likely N-dealkylation sites (tertiary alicyclic amines) is 1. The lowest BCUT2D eigenvalue weighted by Crippen LogP contribution is -2.42. The minimum Gasteiger partial charge on any atom is -0.423 e. The summed E-state index contributed by atoms with van der Waals surface area (Å²) in [6.45, 7) is 6.79. The zero-order valence-electron chi connectivity index (χ0n) is 15.0. The number of rotatable bonds is 6. The number of carbonyl (C=O) groups excluding carboxylic acids is 1. The molecule has 142 valence electrons. The van der Waals surface area contributed by atoms with Crippen molar-refractivity contribution in [2.75, 3.05) is 11.9 Å². The number of nitrogens with zero attached hydrogens (tertiary/aromatic N) is 4. The second-order valence-electron chi connectivity index (χ2n) is 6.41. The maximum absolute atomic E-state index is 14.0. The van der Waals surface area contributed by atoms with Gasteiger partial charge in [-0.25, -0.2) is 0 Å². The molecule has 1 fully saturated rings. The van der Waals surface area contributed by atoms with E-state index in [0.29, 0.717) is 34.9 Å². The first kappa shape index (κ1) is 18.9. The standard InChI is InChI=1S/C16H22FN5O3S/c1-9-6-12(24-8-14-21-20-11(3)25-14)4-5-22(9)7-13-15(17)19-16(26-13)18-10(2)23/h9,12H,4-8H2,1-3H3,(H,18,19,23)/t9-,12+/m1/s1. The number of nitrogens with one attached hydrogen (secondary N) is 1. The Morgan fingerprint density at radius 2 is 2.31 bits per heavy atom. The molecule has 0 bridgehead atoms. The zero-order chi connectivity index (χ0) is 18.7. The molecule has 3 rings (SSSR count). The van der Waals surface area contributed by atoms with Gasteiger partial charge >= 0.3 is 0 Å². The average molecular weight is 383 g/mol. The molecule has 8 nitrogen and oxygen atoms in total. The van der Waals surface area contributed by atoms with E-state index in [1.807, 2.05) is 0 Å². The Kier molecular flexibility index (Phi) is 5.94. The van der Waals surface area contributed by atoms with Crippen molar-refractivity contribution < 1.29 is 18.3 Å². The molecule has 1 amide bonds. The molecule has 2 aromatic heterocycles. The van der Waals surface area contributed by atoms with Crippen molar-refractivity contribution >= 4 is 22.4 Å². The van der Waals surface area contributed by atoms with Crippen LogP contribution in [-0.2, 0) is 22.7 Å². The molecule has 3 heterocycles. The molecular formula is C16H22FN5O3S. The molecule has 2 aromatic rings. The van der Waals surface area contributed by atoms with Gasteiger partial charge in [-0.2, -0.15) is 9.37 Å². The Morgan fingerprint density at radius 3 is 2.96 bits per heavy atom. The number of hydrogen-bond acceptors (Lipinski definition) is 8. The topological polar surface area (TPSA) is 93.4 Å². The fourth-order valence-electron chi connectivity index (χ4n) is 2.97. The third kappa shape index (κ3) is 4.83. The van der Waals surface area contributed by atoms with Crippen molar-refractivity contribution in [1.82, 2.24) is 20.1 Å². The van der Waals surface area contributed by atoms with Gasteiger partial charge < -0.3 is 14.5 Å². The van der Waals surface area contributed by atoms with Gasteiger partial charge in [0.2, 0.25) is 23.6 Å². The fraction of sp³-hybridized carbons (Fsp3) is 0.625. The van der Waals surface area contributed by atoms with Gasteiger partial charge in [0.05, 0.1) is 11.0 Å².